The first-order valence-electron chi connectivity index (χ1n) is 3.47. The van der Waals surface area contributed by atoms with Crippen LogP contribution in [0.15, 0.2) is 23.2 Å². The molecular formula is C8H11BO. The SMILES string of the molecule is [B]C1=CC(CO)CC(C)=C1. The number of rotatable bonds is 1. The molecule has 1 rings (SSSR count). The largest absolute Gasteiger partial charge is 0.396 e. The fourth-order valence-corrected chi connectivity index (χ4v) is 1.25. The third-order valence-corrected chi connectivity index (χ3v) is 1.66. The Labute approximate surface area is 62.9 Å². The van der Waals surface area contributed by atoms with Gasteiger partial charge in [-0.15, -0.1) is 5.47 Å². The molecule has 10 heavy (non-hydrogen) atoms. The predicted octanol–water partition coefficient (Wildman–Crippen LogP) is 0.997. The van der Waals surface area contributed by atoms with Crippen molar-refractivity contribution in [1.82, 2.24) is 0 Å². The van der Waals surface area contributed by atoms with Gasteiger partial charge in [0.1, 0.15) is 7.85 Å². The summed E-state index contributed by atoms with van der Waals surface area (Å²) in [5.41, 5.74) is 2.03. The van der Waals surface area contributed by atoms with Crippen LogP contribution >= 0.6 is 0 Å². The number of allylic oxidation sites excluding steroid dienone is 3. The maximum absolute atomic E-state index is 8.80. The van der Waals surface area contributed by atoms with E-state index in [2.05, 4.69) is 0 Å². The molecule has 0 aromatic carbocycles. The number of hydrogen-bond acceptors (Lipinski definition) is 1. The van der Waals surface area contributed by atoms with Crippen molar-refractivity contribution in [3.05, 3.63) is 23.2 Å². The molecule has 0 aliphatic heterocycles. The van der Waals surface area contributed by atoms with Crippen LogP contribution in [-0.4, -0.2) is 19.6 Å². The van der Waals surface area contributed by atoms with Crippen LogP contribution in [0.4, 0.5) is 0 Å². The summed E-state index contributed by atoms with van der Waals surface area (Å²) in [6.07, 6.45) is 4.80. The van der Waals surface area contributed by atoms with E-state index in [0.717, 1.165) is 11.9 Å². The van der Waals surface area contributed by atoms with E-state index in [4.69, 9.17) is 13.0 Å². The van der Waals surface area contributed by atoms with Crippen LogP contribution in [-0.2, 0) is 0 Å². The summed E-state index contributed by atoms with van der Waals surface area (Å²) in [7, 11) is 5.56. The van der Waals surface area contributed by atoms with Crippen molar-refractivity contribution in [1.29, 1.82) is 0 Å². The Morgan fingerprint density at radius 2 is 2.50 bits per heavy atom. The Morgan fingerprint density at radius 1 is 1.80 bits per heavy atom. The second kappa shape index (κ2) is 3.06. The maximum atomic E-state index is 8.80. The molecule has 52 valence electrons. The van der Waals surface area contributed by atoms with Gasteiger partial charge in [-0.2, -0.15) is 0 Å². The summed E-state index contributed by atoms with van der Waals surface area (Å²) < 4.78 is 0. The molecule has 0 bridgehead atoms. The quantitative estimate of drug-likeness (QED) is 0.530. The monoisotopic (exact) mass is 134 g/mol. The highest BCUT2D eigenvalue weighted by Gasteiger charge is 2.08. The van der Waals surface area contributed by atoms with Gasteiger partial charge < -0.3 is 5.11 Å². The first kappa shape index (κ1) is 7.61. The van der Waals surface area contributed by atoms with Crippen LogP contribution in [0, 0.1) is 5.92 Å². The van der Waals surface area contributed by atoms with Crippen LogP contribution in [0.5, 0.6) is 0 Å². The van der Waals surface area contributed by atoms with Crippen molar-refractivity contribution in [2.75, 3.05) is 6.61 Å². The standard InChI is InChI=1S/C8H11BO/c1-6-2-7(5-10)4-8(9)3-6/h3-4,7,10H,2,5H2,1H3. The minimum Gasteiger partial charge on any atom is -0.396 e. The van der Waals surface area contributed by atoms with E-state index in [1.165, 1.54) is 5.57 Å². The zero-order valence-corrected chi connectivity index (χ0v) is 6.17. The summed E-state index contributed by atoms with van der Waals surface area (Å²) >= 11 is 0. The van der Waals surface area contributed by atoms with E-state index in [1.807, 2.05) is 19.1 Å². The highest BCUT2D eigenvalue weighted by Crippen LogP contribution is 2.19. The normalized spacial score (nSPS) is 25.6. The molecule has 1 aliphatic rings. The van der Waals surface area contributed by atoms with E-state index < -0.39 is 0 Å². The maximum Gasteiger partial charge on any atom is 0.113 e. The minimum absolute atomic E-state index is 0.200. The number of aliphatic hydroxyl groups is 1. The number of hydrogen-bond donors (Lipinski definition) is 1. The van der Waals surface area contributed by atoms with Gasteiger partial charge in [0, 0.05) is 12.5 Å². The first-order valence-corrected chi connectivity index (χ1v) is 3.47. The highest BCUT2D eigenvalue weighted by molar-refractivity contribution is 6.23. The molecule has 0 spiro atoms. The van der Waals surface area contributed by atoms with E-state index >= 15 is 0 Å². The van der Waals surface area contributed by atoms with Gasteiger partial charge in [0.15, 0.2) is 0 Å². The summed E-state index contributed by atoms with van der Waals surface area (Å²) in [4.78, 5) is 0. The predicted molar refractivity (Wildman–Crippen MR) is 42.8 cm³/mol. The second-order valence-corrected chi connectivity index (χ2v) is 2.80. The lowest BCUT2D eigenvalue weighted by Gasteiger charge is -2.15. The van der Waals surface area contributed by atoms with Crippen LogP contribution in [0.1, 0.15) is 13.3 Å². The van der Waals surface area contributed by atoms with Crippen LogP contribution in [0.3, 0.4) is 0 Å². The van der Waals surface area contributed by atoms with Crippen molar-refractivity contribution in [3.63, 3.8) is 0 Å². The molecule has 0 fully saturated rings. The van der Waals surface area contributed by atoms with Gasteiger partial charge >= 0.3 is 0 Å². The smallest absolute Gasteiger partial charge is 0.113 e. The lowest BCUT2D eigenvalue weighted by molar-refractivity contribution is 0.251. The van der Waals surface area contributed by atoms with Crippen molar-refractivity contribution >= 4 is 7.85 Å². The number of aliphatic hydroxyl groups excluding tert-OH is 1. The van der Waals surface area contributed by atoms with Crippen LogP contribution < -0.4 is 0 Å². The molecule has 0 aromatic heterocycles. The first-order chi connectivity index (χ1) is 4.72. The third-order valence-electron chi connectivity index (χ3n) is 1.66. The lowest BCUT2D eigenvalue weighted by Crippen LogP contribution is -2.07. The van der Waals surface area contributed by atoms with Gasteiger partial charge in [-0.3, -0.25) is 0 Å². The average Bonchev–Trinajstić information content (AvgIpc) is 1.85. The molecule has 1 atom stereocenters. The average molecular weight is 134 g/mol. The van der Waals surface area contributed by atoms with Crippen molar-refractivity contribution in [2.24, 2.45) is 5.92 Å². The molecule has 1 unspecified atom stereocenters. The van der Waals surface area contributed by atoms with E-state index in [-0.39, 0.29) is 12.5 Å². The summed E-state index contributed by atoms with van der Waals surface area (Å²) in [5.74, 6) is 0.241. The Balaban J connectivity index is 2.67. The second-order valence-electron chi connectivity index (χ2n) is 2.80. The summed E-state index contributed by atoms with van der Waals surface area (Å²) in [5, 5.41) is 8.80. The highest BCUT2D eigenvalue weighted by atomic mass is 16.3. The molecule has 1 aliphatic carbocycles. The van der Waals surface area contributed by atoms with Crippen molar-refractivity contribution in [2.45, 2.75) is 13.3 Å². The van der Waals surface area contributed by atoms with Gasteiger partial charge in [0.25, 0.3) is 0 Å². The molecule has 1 nitrogen and oxygen atoms in total. The molecule has 2 heteroatoms. The summed E-state index contributed by atoms with van der Waals surface area (Å²) in [6, 6.07) is 0. The Morgan fingerprint density at radius 3 is 3.00 bits per heavy atom. The molecular weight excluding hydrogens is 123 g/mol. The summed E-state index contributed by atoms with van der Waals surface area (Å²) in [6.45, 7) is 2.23. The van der Waals surface area contributed by atoms with Gasteiger partial charge in [0.2, 0.25) is 0 Å². The van der Waals surface area contributed by atoms with Crippen LogP contribution in [0.2, 0.25) is 0 Å². The minimum atomic E-state index is 0.200. The topological polar surface area (TPSA) is 20.2 Å². The lowest BCUT2D eigenvalue weighted by atomic mass is 9.83. The zero-order valence-electron chi connectivity index (χ0n) is 6.17. The van der Waals surface area contributed by atoms with E-state index in [9.17, 15) is 0 Å². The van der Waals surface area contributed by atoms with Gasteiger partial charge in [-0.1, -0.05) is 17.7 Å². The third kappa shape index (κ3) is 1.74. The molecule has 0 saturated carbocycles. The molecule has 2 radical (unpaired) electrons. The Hall–Kier alpha value is -0.495. The van der Waals surface area contributed by atoms with E-state index in [0.29, 0.717) is 0 Å². The van der Waals surface area contributed by atoms with Crippen molar-refractivity contribution in [3.8, 4) is 0 Å². The van der Waals surface area contributed by atoms with Crippen molar-refractivity contribution < 1.29 is 5.11 Å². The zero-order chi connectivity index (χ0) is 7.56. The Kier molecular flexibility index (Phi) is 2.33. The fourth-order valence-electron chi connectivity index (χ4n) is 1.25. The van der Waals surface area contributed by atoms with Gasteiger partial charge in [-0.25, -0.2) is 0 Å². The van der Waals surface area contributed by atoms with Gasteiger partial charge in [-0.05, 0) is 13.3 Å². The van der Waals surface area contributed by atoms with Gasteiger partial charge in [0.05, 0.1) is 0 Å². The molecule has 0 amide bonds. The molecule has 0 saturated heterocycles. The molecule has 0 aromatic rings. The Bertz CT molecular complexity index is 182. The molecule has 1 N–H and O–H groups in total. The van der Waals surface area contributed by atoms with E-state index in [1.54, 1.807) is 0 Å². The fraction of sp³-hybridized carbons (Fsp3) is 0.500. The van der Waals surface area contributed by atoms with Crippen LogP contribution in [0.25, 0.3) is 0 Å². The molecule has 0 heterocycles.